The highest BCUT2D eigenvalue weighted by Crippen LogP contribution is 1.96. The van der Waals surface area contributed by atoms with Crippen LogP contribution in [0.3, 0.4) is 0 Å². The summed E-state index contributed by atoms with van der Waals surface area (Å²) in [4.78, 5) is 9.11. The number of oxime groups is 1. The van der Waals surface area contributed by atoms with Crippen molar-refractivity contribution in [2.24, 2.45) is 16.1 Å². The molecule has 1 heterocycles. The number of aliphatic imine (C=N–C) groups is 1. The summed E-state index contributed by atoms with van der Waals surface area (Å²) in [6, 6.07) is 0. The van der Waals surface area contributed by atoms with Gasteiger partial charge < -0.3 is 10.2 Å². The molecule has 0 aliphatic carbocycles. The van der Waals surface area contributed by atoms with Gasteiger partial charge in [0.2, 0.25) is 0 Å². The van der Waals surface area contributed by atoms with Crippen LogP contribution in [-0.4, -0.2) is 31.7 Å². The molecule has 5 heteroatoms. The third-order valence-electron chi connectivity index (χ3n) is 1.45. The average molecular weight is 206 g/mol. The Bertz CT molecular complexity index is 182. The largest absolute Gasteiger partial charge is 0.393 e. The highest BCUT2D eigenvalue weighted by atomic mass is 35.5. The maximum absolute atomic E-state index is 5.03. The van der Waals surface area contributed by atoms with E-state index in [1.54, 1.807) is 6.34 Å². The van der Waals surface area contributed by atoms with Crippen molar-refractivity contribution in [2.75, 3.05) is 13.1 Å². The Balaban J connectivity index is 0.00000144. The second kappa shape index (κ2) is 6.71. The predicted octanol–water partition coefficient (Wildman–Crippen LogP) is 1.07. The molecule has 1 atom stereocenters. The van der Waals surface area contributed by atoms with Crippen molar-refractivity contribution in [1.29, 1.82) is 0 Å². The maximum Gasteiger partial charge on any atom is 0.121 e. The van der Waals surface area contributed by atoms with Gasteiger partial charge >= 0.3 is 0 Å². The highest BCUT2D eigenvalue weighted by Gasteiger charge is 2.06. The third kappa shape index (κ3) is 5.47. The second-order valence-electron chi connectivity index (χ2n) is 3.07. The summed E-state index contributed by atoms with van der Waals surface area (Å²) >= 11 is 0. The molecule has 0 bridgehead atoms. The molecule has 0 aromatic carbocycles. The van der Waals surface area contributed by atoms with Crippen LogP contribution in [0.25, 0.3) is 0 Å². The zero-order chi connectivity index (χ0) is 8.81. The normalized spacial score (nSPS) is 21.3. The van der Waals surface area contributed by atoms with Crippen molar-refractivity contribution in [1.82, 2.24) is 5.32 Å². The predicted molar refractivity (Wildman–Crippen MR) is 56.8 cm³/mol. The van der Waals surface area contributed by atoms with Crippen LogP contribution in [0.1, 0.15) is 13.8 Å². The summed E-state index contributed by atoms with van der Waals surface area (Å²) in [5.41, 5.74) is 0. The molecule has 0 spiro atoms. The van der Waals surface area contributed by atoms with Crippen molar-refractivity contribution < 1.29 is 4.84 Å². The van der Waals surface area contributed by atoms with Gasteiger partial charge in [0, 0.05) is 12.5 Å². The topological polar surface area (TPSA) is 46.0 Å². The van der Waals surface area contributed by atoms with Gasteiger partial charge in [-0.1, -0.05) is 5.16 Å². The number of hydrogen-bond acceptors (Lipinski definition) is 4. The van der Waals surface area contributed by atoms with Gasteiger partial charge in [-0.3, -0.25) is 4.99 Å². The van der Waals surface area contributed by atoms with Gasteiger partial charge in [0.05, 0.1) is 19.1 Å². The monoisotopic (exact) mass is 205 g/mol. The van der Waals surface area contributed by atoms with Crippen molar-refractivity contribution in [2.45, 2.75) is 20.0 Å². The van der Waals surface area contributed by atoms with Gasteiger partial charge in [0.25, 0.3) is 0 Å². The molecule has 76 valence electrons. The van der Waals surface area contributed by atoms with Crippen molar-refractivity contribution in [3.8, 4) is 0 Å². The van der Waals surface area contributed by atoms with E-state index in [-0.39, 0.29) is 18.5 Å². The first kappa shape index (κ1) is 12.2. The molecule has 0 fully saturated rings. The zero-order valence-electron chi connectivity index (χ0n) is 7.93. The number of halogens is 1. The first-order valence-electron chi connectivity index (χ1n) is 4.20. The van der Waals surface area contributed by atoms with E-state index in [9.17, 15) is 0 Å². The lowest BCUT2D eigenvalue weighted by Gasteiger charge is -2.13. The van der Waals surface area contributed by atoms with E-state index in [1.165, 1.54) is 0 Å². The highest BCUT2D eigenvalue weighted by molar-refractivity contribution is 5.85. The molecule has 0 saturated carbocycles. The van der Waals surface area contributed by atoms with Gasteiger partial charge in [-0.15, -0.1) is 12.4 Å². The molecule has 1 rings (SSSR count). The fourth-order valence-corrected chi connectivity index (χ4v) is 0.864. The molecule has 1 unspecified atom stereocenters. The first-order chi connectivity index (χ1) is 5.79. The van der Waals surface area contributed by atoms with E-state index >= 15 is 0 Å². The summed E-state index contributed by atoms with van der Waals surface area (Å²) < 4.78 is 0. The molecule has 4 nitrogen and oxygen atoms in total. The molecule has 0 radical (unpaired) electrons. The summed E-state index contributed by atoms with van der Waals surface area (Å²) in [5.74, 6) is 0.369. The van der Waals surface area contributed by atoms with Gasteiger partial charge in [-0.25, -0.2) is 0 Å². The Morgan fingerprint density at radius 3 is 3.00 bits per heavy atom. The van der Waals surface area contributed by atoms with Crippen LogP contribution in [-0.2, 0) is 4.84 Å². The van der Waals surface area contributed by atoms with Gasteiger partial charge in [-0.2, -0.15) is 0 Å². The fourth-order valence-electron chi connectivity index (χ4n) is 0.864. The Morgan fingerprint density at radius 1 is 1.69 bits per heavy atom. The quantitative estimate of drug-likeness (QED) is 0.554. The molecule has 0 aromatic heterocycles. The lowest BCUT2D eigenvalue weighted by molar-refractivity contribution is 0.0862. The second-order valence-corrected chi connectivity index (χ2v) is 3.07. The first-order valence-corrected chi connectivity index (χ1v) is 4.20. The third-order valence-corrected chi connectivity index (χ3v) is 1.45. The van der Waals surface area contributed by atoms with E-state index in [2.05, 4.69) is 15.5 Å². The van der Waals surface area contributed by atoms with E-state index in [1.807, 2.05) is 20.1 Å². The summed E-state index contributed by atoms with van der Waals surface area (Å²) in [7, 11) is 0. The summed E-state index contributed by atoms with van der Waals surface area (Å²) in [6.07, 6.45) is 3.69. The minimum Gasteiger partial charge on any atom is -0.393 e. The maximum atomic E-state index is 5.03. The molecule has 1 N–H and O–H groups in total. The van der Waals surface area contributed by atoms with Crippen LogP contribution >= 0.6 is 12.4 Å². The van der Waals surface area contributed by atoms with Crippen LogP contribution in [0.2, 0.25) is 0 Å². The number of hydrogen-bond donors (Lipinski definition) is 1. The van der Waals surface area contributed by atoms with E-state index in [0.29, 0.717) is 5.92 Å². The molecular formula is C8H16ClN3O. The average Bonchev–Trinajstić information content (AvgIpc) is 2.05. The van der Waals surface area contributed by atoms with Crippen molar-refractivity contribution >= 4 is 25.0 Å². The van der Waals surface area contributed by atoms with Crippen molar-refractivity contribution in [3.63, 3.8) is 0 Å². The van der Waals surface area contributed by atoms with Crippen LogP contribution in [0.15, 0.2) is 10.1 Å². The standard InChI is InChI=1S/C8H15N3O.ClH/c1-7(2)12-11-5-8-3-9-6-10-4-8;/h5-8H,3-4H2,1-2H3,(H,9,10);1H. The van der Waals surface area contributed by atoms with E-state index in [0.717, 1.165) is 13.1 Å². The molecular weight excluding hydrogens is 190 g/mol. The Kier molecular flexibility index (Phi) is 6.32. The van der Waals surface area contributed by atoms with E-state index in [4.69, 9.17) is 4.84 Å². The van der Waals surface area contributed by atoms with E-state index < -0.39 is 0 Å². The molecule has 1 aliphatic rings. The fraction of sp³-hybridized carbons (Fsp3) is 0.750. The smallest absolute Gasteiger partial charge is 0.121 e. The number of rotatable bonds is 3. The lowest BCUT2D eigenvalue weighted by Crippen LogP contribution is -2.29. The van der Waals surface area contributed by atoms with Gasteiger partial charge in [-0.05, 0) is 13.8 Å². The minimum absolute atomic E-state index is 0. The van der Waals surface area contributed by atoms with Crippen molar-refractivity contribution in [3.05, 3.63) is 0 Å². The van der Waals surface area contributed by atoms with Gasteiger partial charge in [0.15, 0.2) is 0 Å². The Morgan fingerprint density at radius 2 is 2.46 bits per heavy atom. The number of nitrogens with zero attached hydrogens (tertiary/aromatic N) is 2. The molecule has 0 saturated heterocycles. The van der Waals surface area contributed by atoms with Crippen LogP contribution in [0.4, 0.5) is 0 Å². The summed E-state index contributed by atoms with van der Waals surface area (Å²) in [6.45, 7) is 5.61. The minimum atomic E-state index is 0. The molecule has 1 aliphatic heterocycles. The Hall–Kier alpha value is -0.770. The molecule has 13 heavy (non-hydrogen) atoms. The summed E-state index contributed by atoms with van der Waals surface area (Å²) in [5, 5.41) is 6.89. The lowest BCUT2D eigenvalue weighted by atomic mass is 10.1. The number of nitrogens with one attached hydrogen (secondary N) is 1. The zero-order valence-corrected chi connectivity index (χ0v) is 8.75. The van der Waals surface area contributed by atoms with Crippen LogP contribution < -0.4 is 5.32 Å². The van der Waals surface area contributed by atoms with Crippen LogP contribution in [0.5, 0.6) is 0 Å². The Labute approximate surface area is 84.8 Å². The molecule has 0 aromatic rings. The van der Waals surface area contributed by atoms with Gasteiger partial charge in [0.1, 0.15) is 6.10 Å². The SMILES string of the molecule is CC(C)ON=CC1CN=CNC1.Cl. The van der Waals surface area contributed by atoms with Crippen LogP contribution in [0, 0.1) is 5.92 Å². The molecule has 0 amide bonds.